The molecule has 4 heterocycles. The van der Waals surface area contributed by atoms with E-state index in [0.29, 0.717) is 12.3 Å². The first-order valence-electron chi connectivity index (χ1n) is 12.8. The van der Waals surface area contributed by atoms with Gasteiger partial charge in [-0.05, 0) is 55.2 Å². The van der Waals surface area contributed by atoms with E-state index in [-0.39, 0.29) is 12.2 Å². The summed E-state index contributed by atoms with van der Waals surface area (Å²) in [4.78, 5) is 16.5. The number of nitrogens with zero attached hydrogens (tertiary/aromatic N) is 5. The highest BCUT2D eigenvalue weighted by molar-refractivity contribution is 9.10. The van der Waals surface area contributed by atoms with Gasteiger partial charge in [-0.2, -0.15) is 4.98 Å². The van der Waals surface area contributed by atoms with Crippen molar-refractivity contribution in [3.8, 4) is 5.88 Å². The number of halogens is 2. The van der Waals surface area contributed by atoms with Gasteiger partial charge in [-0.25, -0.2) is 9.97 Å². The van der Waals surface area contributed by atoms with Crippen LogP contribution in [0.1, 0.15) is 36.5 Å². The molecule has 0 amide bonds. The van der Waals surface area contributed by atoms with E-state index in [2.05, 4.69) is 53.6 Å². The van der Waals surface area contributed by atoms with Crippen LogP contribution in [0.4, 0.5) is 0 Å². The lowest BCUT2D eigenvalue weighted by Gasteiger charge is -2.32. The molecule has 0 unspecified atom stereocenters. The van der Waals surface area contributed by atoms with Crippen LogP contribution in [0.2, 0.25) is 5.02 Å². The van der Waals surface area contributed by atoms with Crippen LogP contribution in [0.3, 0.4) is 0 Å². The average molecular weight is 583 g/mol. The second-order valence-electron chi connectivity index (χ2n) is 9.76. The third kappa shape index (κ3) is 5.98. The van der Waals surface area contributed by atoms with Crippen molar-refractivity contribution >= 4 is 38.6 Å². The van der Waals surface area contributed by atoms with E-state index in [0.717, 1.165) is 84.3 Å². The highest BCUT2D eigenvalue weighted by Crippen LogP contribution is 2.26. The maximum atomic E-state index is 6.27. The molecule has 2 aromatic carbocycles. The molecule has 192 valence electrons. The molecule has 0 radical (unpaired) electrons. The molecule has 1 atom stereocenters. The molecule has 0 saturated carbocycles. The summed E-state index contributed by atoms with van der Waals surface area (Å²) in [6, 6.07) is 16.0. The number of ether oxygens (including phenoxy) is 2. The first kappa shape index (κ1) is 24.8. The van der Waals surface area contributed by atoms with Crippen molar-refractivity contribution in [2.45, 2.75) is 51.0 Å². The molecule has 4 aromatic rings. The van der Waals surface area contributed by atoms with E-state index in [1.165, 1.54) is 5.52 Å². The van der Waals surface area contributed by atoms with Crippen LogP contribution in [-0.2, 0) is 24.2 Å². The minimum Gasteiger partial charge on any atom is -0.474 e. The lowest BCUT2D eigenvalue weighted by Crippen LogP contribution is -2.39. The summed E-state index contributed by atoms with van der Waals surface area (Å²) >= 11 is 9.58. The lowest BCUT2D eigenvalue weighted by atomic mass is 10.1. The number of rotatable bonds is 8. The van der Waals surface area contributed by atoms with Crippen LogP contribution < -0.4 is 4.74 Å². The van der Waals surface area contributed by atoms with Crippen molar-refractivity contribution in [2.75, 3.05) is 19.7 Å². The zero-order valence-corrected chi connectivity index (χ0v) is 22.9. The number of aromatic nitrogens is 4. The molecule has 2 aromatic heterocycles. The number of hydrogen-bond acceptors (Lipinski definition) is 6. The fraction of sp³-hybridized carbons (Fsp3) is 0.393. The predicted molar refractivity (Wildman–Crippen MR) is 147 cm³/mol. The van der Waals surface area contributed by atoms with Crippen molar-refractivity contribution < 1.29 is 9.47 Å². The number of benzene rings is 2. The van der Waals surface area contributed by atoms with Gasteiger partial charge in [0.05, 0.1) is 30.2 Å². The van der Waals surface area contributed by atoms with E-state index in [9.17, 15) is 0 Å². The van der Waals surface area contributed by atoms with Crippen molar-refractivity contribution in [2.24, 2.45) is 0 Å². The minimum absolute atomic E-state index is 0.146. The van der Waals surface area contributed by atoms with Gasteiger partial charge in [-0.3, -0.25) is 4.90 Å². The average Bonchev–Trinajstić information content (AvgIpc) is 3.20. The van der Waals surface area contributed by atoms with Gasteiger partial charge >= 0.3 is 0 Å². The Morgan fingerprint density at radius 3 is 2.59 bits per heavy atom. The summed E-state index contributed by atoms with van der Waals surface area (Å²) in [6.07, 6.45) is 5.88. The third-order valence-corrected chi connectivity index (χ3v) is 7.86. The van der Waals surface area contributed by atoms with Crippen LogP contribution in [0.15, 0.2) is 59.2 Å². The molecule has 0 bridgehead atoms. The molecule has 0 spiro atoms. The number of likely N-dealkylation sites (tertiary alicyclic amines) is 1. The molecular weight excluding hydrogens is 554 g/mol. The zero-order valence-electron chi connectivity index (χ0n) is 20.5. The van der Waals surface area contributed by atoms with Gasteiger partial charge in [-0.15, -0.1) is 0 Å². The standard InChI is InChI=1S/C28H29BrClN5O2/c29-20-3-6-25-24(16-20)32-27(35(25)17-23-10-14-36-23)18-34-12-8-22(9-13-34)37-28-7-11-31-26(33-28)15-19-1-4-21(30)5-2-19/h1-7,11,16,22-23H,8-10,12-15,17-18H2/t23-/m0/s1. The number of hydrogen-bond donors (Lipinski definition) is 0. The van der Waals surface area contributed by atoms with E-state index >= 15 is 0 Å². The van der Waals surface area contributed by atoms with Crippen molar-refractivity contribution in [3.63, 3.8) is 0 Å². The Labute approximate surface area is 229 Å². The minimum atomic E-state index is 0.146. The molecule has 2 saturated heterocycles. The molecule has 0 aliphatic carbocycles. The first-order valence-corrected chi connectivity index (χ1v) is 14.0. The van der Waals surface area contributed by atoms with Crippen molar-refractivity contribution in [1.29, 1.82) is 0 Å². The summed E-state index contributed by atoms with van der Waals surface area (Å²) < 4.78 is 15.4. The quantitative estimate of drug-likeness (QED) is 0.267. The Bertz CT molecular complexity index is 1370. The predicted octanol–water partition coefficient (Wildman–Crippen LogP) is 5.67. The van der Waals surface area contributed by atoms with E-state index in [1.54, 1.807) is 6.20 Å². The Morgan fingerprint density at radius 1 is 1.03 bits per heavy atom. The fourth-order valence-electron chi connectivity index (χ4n) is 4.98. The molecule has 37 heavy (non-hydrogen) atoms. The first-order chi connectivity index (χ1) is 18.1. The van der Waals surface area contributed by atoms with E-state index in [4.69, 9.17) is 26.1 Å². The van der Waals surface area contributed by atoms with Crippen LogP contribution in [0.25, 0.3) is 11.0 Å². The van der Waals surface area contributed by atoms with Crippen LogP contribution in [0.5, 0.6) is 5.88 Å². The third-order valence-electron chi connectivity index (χ3n) is 7.11. The zero-order chi connectivity index (χ0) is 25.2. The molecule has 6 rings (SSSR count). The van der Waals surface area contributed by atoms with Gasteiger partial charge in [0, 0.05) is 47.9 Å². The summed E-state index contributed by atoms with van der Waals surface area (Å²) in [7, 11) is 0. The van der Waals surface area contributed by atoms with Crippen LogP contribution in [0, 0.1) is 0 Å². The van der Waals surface area contributed by atoms with Crippen molar-refractivity contribution in [3.05, 3.63) is 81.4 Å². The second kappa shape index (κ2) is 11.1. The highest BCUT2D eigenvalue weighted by atomic mass is 79.9. The fourth-order valence-corrected chi connectivity index (χ4v) is 5.46. The largest absolute Gasteiger partial charge is 0.474 e. The molecule has 2 aliphatic rings. The van der Waals surface area contributed by atoms with E-state index in [1.807, 2.05) is 30.3 Å². The van der Waals surface area contributed by atoms with E-state index < -0.39 is 0 Å². The Morgan fingerprint density at radius 2 is 1.84 bits per heavy atom. The van der Waals surface area contributed by atoms with Crippen LogP contribution >= 0.6 is 27.5 Å². The van der Waals surface area contributed by atoms with Gasteiger partial charge < -0.3 is 14.0 Å². The van der Waals surface area contributed by atoms with Crippen LogP contribution in [-0.4, -0.2) is 56.3 Å². The molecule has 0 N–H and O–H groups in total. The molecule has 7 nitrogen and oxygen atoms in total. The summed E-state index contributed by atoms with van der Waals surface area (Å²) in [5.41, 5.74) is 3.32. The van der Waals surface area contributed by atoms with Crippen molar-refractivity contribution in [1.82, 2.24) is 24.4 Å². The van der Waals surface area contributed by atoms with Gasteiger partial charge in [-0.1, -0.05) is 39.7 Å². The number of imidazole rings is 1. The maximum Gasteiger partial charge on any atom is 0.216 e. The smallest absolute Gasteiger partial charge is 0.216 e. The molecule has 9 heteroatoms. The Balaban J connectivity index is 1.07. The van der Waals surface area contributed by atoms with Gasteiger partial charge in [0.2, 0.25) is 5.88 Å². The van der Waals surface area contributed by atoms with Gasteiger partial charge in [0.15, 0.2) is 0 Å². The monoisotopic (exact) mass is 581 g/mol. The maximum absolute atomic E-state index is 6.27. The second-order valence-corrected chi connectivity index (χ2v) is 11.1. The SMILES string of the molecule is Clc1ccc(Cc2nccc(OC3CCN(Cc4nc5cc(Br)ccc5n4C[C@@H]4CCO4)CC3)n2)cc1. The summed E-state index contributed by atoms with van der Waals surface area (Å²) in [6.45, 7) is 4.46. The lowest BCUT2D eigenvalue weighted by molar-refractivity contribution is -0.0592. The number of fused-ring (bicyclic) bond motifs is 1. The Hall–Kier alpha value is -2.52. The summed E-state index contributed by atoms with van der Waals surface area (Å²) in [5.74, 6) is 2.49. The molecular formula is C28H29BrClN5O2. The highest BCUT2D eigenvalue weighted by Gasteiger charge is 2.25. The molecule has 2 fully saturated rings. The Kier molecular flexibility index (Phi) is 7.42. The molecule has 2 aliphatic heterocycles. The van der Waals surface area contributed by atoms with Gasteiger partial charge in [0.25, 0.3) is 0 Å². The number of piperidine rings is 1. The normalized spacial score (nSPS) is 18.7. The summed E-state index contributed by atoms with van der Waals surface area (Å²) in [5, 5.41) is 0.728. The topological polar surface area (TPSA) is 65.3 Å². The van der Waals surface area contributed by atoms with Gasteiger partial charge in [0.1, 0.15) is 17.8 Å².